The topological polar surface area (TPSA) is 148 Å². The highest BCUT2D eigenvalue weighted by molar-refractivity contribution is 5.83. The number of hydrogen-bond acceptors (Lipinski definition) is 6. The molecule has 0 bridgehead atoms. The van der Waals surface area contributed by atoms with Crippen molar-refractivity contribution in [3.63, 3.8) is 0 Å². The number of aliphatic hydroxyl groups is 1. The van der Waals surface area contributed by atoms with Crippen molar-refractivity contribution in [1.82, 2.24) is 5.32 Å². The standard InChI is InChI=1S/C30H53N3O6/c1-19(2)22(14-21-10-11-26(38-8)27(15-21)39-13-9-12-37-7)16-24(31)25(34)17-23(20(3)4)28(35)33-18-30(5,6)29(32)36/h10-11,15,19-20,22-25,34H,9,12-14,16-18,31H2,1-8H3,(H2,32,36)(H,33,35)/p+1/t22-,23-,24-,25-/m0/s1. The lowest BCUT2D eigenvalue weighted by molar-refractivity contribution is -0.442. The summed E-state index contributed by atoms with van der Waals surface area (Å²) in [6, 6.07) is 5.77. The van der Waals surface area contributed by atoms with Gasteiger partial charge in [0.2, 0.25) is 11.8 Å². The molecule has 0 aliphatic carbocycles. The molecular formula is C30H54N3O6+. The molecule has 0 aromatic heterocycles. The molecule has 0 heterocycles. The zero-order valence-corrected chi connectivity index (χ0v) is 25.4. The average molecular weight is 553 g/mol. The van der Waals surface area contributed by atoms with E-state index in [2.05, 4.69) is 31.0 Å². The van der Waals surface area contributed by atoms with Crippen molar-refractivity contribution in [3.8, 4) is 11.5 Å². The van der Waals surface area contributed by atoms with Crippen LogP contribution in [0.3, 0.4) is 0 Å². The SMILES string of the molecule is COCCCOc1cc(C[C@@H](C[C@H]([NH3+])[C@@H](O)C[C@H](C(=O)NCC(C)(C)C(N)=O)C(C)C)C(C)C)ccc1OC. The minimum absolute atomic E-state index is 0.0195. The van der Waals surface area contributed by atoms with Crippen molar-refractivity contribution in [1.29, 1.82) is 0 Å². The molecule has 1 rings (SSSR count). The summed E-state index contributed by atoms with van der Waals surface area (Å²) in [6.45, 7) is 13.0. The molecule has 0 saturated heterocycles. The Balaban J connectivity index is 2.87. The summed E-state index contributed by atoms with van der Waals surface area (Å²) in [6.07, 6.45) is 1.89. The Labute approximate surface area is 235 Å². The van der Waals surface area contributed by atoms with Gasteiger partial charge in [-0.05, 0) is 62.1 Å². The van der Waals surface area contributed by atoms with Crippen molar-refractivity contribution in [3.05, 3.63) is 23.8 Å². The largest absolute Gasteiger partial charge is 0.493 e. The molecule has 2 amide bonds. The number of quaternary nitrogens is 1. The van der Waals surface area contributed by atoms with Crippen LogP contribution in [0.5, 0.6) is 11.5 Å². The van der Waals surface area contributed by atoms with Gasteiger partial charge in [-0.2, -0.15) is 0 Å². The van der Waals surface area contributed by atoms with E-state index in [1.54, 1.807) is 28.1 Å². The van der Waals surface area contributed by atoms with Gasteiger partial charge in [0.05, 0.1) is 19.1 Å². The normalized spacial score (nSPS) is 15.1. The van der Waals surface area contributed by atoms with Crippen molar-refractivity contribution in [2.75, 3.05) is 34.0 Å². The summed E-state index contributed by atoms with van der Waals surface area (Å²) in [5.41, 5.74) is 10.0. The van der Waals surface area contributed by atoms with Crippen LogP contribution in [0.1, 0.15) is 66.4 Å². The second-order valence-electron chi connectivity index (χ2n) is 12.0. The van der Waals surface area contributed by atoms with Crippen LogP contribution in [0.15, 0.2) is 18.2 Å². The Hall–Kier alpha value is -2.36. The summed E-state index contributed by atoms with van der Waals surface area (Å²) < 4.78 is 16.5. The number of ether oxygens (including phenoxy) is 3. The van der Waals surface area contributed by atoms with Gasteiger partial charge in [0.1, 0.15) is 12.1 Å². The fourth-order valence-electron chi connectivity index (χ4n) is 4.45. The number of nitrogens with two attached hydrogens (primary N) is 1. The molecule has 0 aliphatic heterocycles. The lowest BCUT2D eigenvalue weighted by Gasteiger charge is -2.29. The molecule has 9 heteroatoms. The number of primary amides is 1. The van der Waals surface area contributed by atoms with E-state index in [0.29, 0.717) is 37.1 Å². The first-order valence-corrected chi connectivity index (χ1v) is 14.1. The quantitative estimate of drug-likeness (QED) is 0.194. The van der Waals surface area contributed by atoms with Gasteiger partial charge in [-0.3, -0.25) is 9.59 Å². The summed E-state index contributed by atoms with van der Waals surface area (Å²) in [5.74, 6) is 1.03. The third-order valence-corrected chi connectivity index (χ3v) is 7.58. The number of amides is 2. The number of carbonyl (C=O) groups is 2. The Bertz CT molecular complexity index is 889. The first kappa shape index (κ1) is 34.7. The third kappa shape index (κ3) is 11.7. The van der Waals surface area contributed by atoms with Crippen molar-refractivity contribution >= 4 is 11.8 Å². The van der Waals surface area contributed by atoms with Crippen LogP contribution in [0.2, 0.25) is 0 Å². The van der Waals surface area contributed by atoms with Gasteiger partial charge in [0.25, 0.3) is 0 Å². The number of aliphatic hydroxyl groups excluding tert-OH is 1. The summed E-state index contributed by atoms with van der Waals surface area (Å²) in [7, 11) is 3.30. The maximum atomic E-state index is 13.0. The summed E-state index contributed by atoms with van der Waals surface area (Å²) >= 11 is 0. The van der Waals surface area contributed by atoms with Crippen LogP contribution in [-0.2, 0) is 20.7 Å². The maximum absolute atomic E-state index is 13.0. The molecule has 0 aliphatic rings. The molecule has 0 saturated carbocycles. The van der Waals surface area contributed by atoms with Gasteiger partial charge in [-0.1, -0.05) is 33.8 Å². The van der Waals surface area contributed by atoms with E-state index < -0.39 is 23.3 Å². The third-order valence-electron chi connectivity index (χ3n) is 7.58. The van der Waals surface area contributed by atoms with Crippen LogP contribution in [0.4, 0.5) is 0 Å². The van der Waals surface area contributed by atoms with Gasteiger partial charge < -0.3 is 36.1 Å². The van der Waals surface area contributed by atoms with Gasteiger partial charge in [0, 0.05) is 39.0 Å². The number of methoxy groups -OCH3 is 2. The molecule has 39 heavy (non-hydrogen) atoms. The molecule has 7 N–H and O–H groups in total. The molecule has 224 valence electrons. The van der Waals surface area contributed by atoms with Gasteiger partial charge in [-0.25, -0.2) is 0 Å². The minimum Gasteiger partial charge on any atom is -0.493 e. The number of benzene rings is 1. The Morgan fingerprint density at radius 1 is 1.05 bits per heavy atom. The van der Waals surface area contributed by atoms with Crippen molar-refractivity contribution < 1.29 is 34.6 Å². The van der Waals surface area contributed by atoms with E-state index in [1.165, 1.54) is 0 Å². The van der Waals surface area contributed by atoms with E-state index >= 15 is 0 Å². The van der Waals surface area contributed by atoms with Gasteiger partial charge >= 0.3 is 0 Å². The van der Waals surface area contributed by atoms with Crippen LogP contribution >= 0.6 is 0 Å². The van der Waals surface area contributed by atoms with Crippen LogP contribution in [0.25, 0.3) is 0 Å². The van der Waals surface area contributed by atoms with E-state index in [-0.39, 0.29) is 30.3 Å². The fourth-order valence-corrected chi connectivity index (χ4v) is 4.45. The smallest absolute Gasteiger partial charge is 0.224 e. The Morgan fingerprint density at radius 3 is 2.26 bits per heavy atom. The predicted octanol–water partition coefficient (Wildman–Crippen LogP) is 2.58. The monoisotopic (exact) mass is 552 g/mol. The van der Waals surface area contributed by atoms with Crippen LogP contribution < -0.4 is 26.3 Å². The van der Waals surface area contributed by atoms with Gasteiger partial charge in [0.15, 0.2) is 11.5 Å². The van der Waals surface area contributed by atoms with Crippen LogP contribution in [-0.4, -0.2) is 63.0 Å². The zero-order chi connectivity index (χ0) is 29.8. The lowest BCUT2D eigenvalue weighted by atomic mass is 9.80. The second-order valence-corrected chi connectivity index (χ2v) is 12.0. The van der Waals surface area contributed by atoms with Gasteiger partial charge in [-0.15, -0.1) is 0 Å². The molecule has 1 aromatic carbocycles. The van der Waals surface area contributed by atoms with Crippen molar-refractivity contribution in [2.45, 2.75) is 79.4 Å². The highest BCUT2D eigenvalue weighted by atomic mass is 16.5. The fraction of sp³-hybridized carbons (Fsp3) is 0.733. The van der Waals surface area contributed by atoms with Crippen LogP contribution in [0, 0.1) is 29.1 Å². The first-order valence-electron chi connectivity index (χ1n) is 14.1. The molecule has 9 nitrogen and oxygen atoms in total. The highest BCUT2D eigenvalue weighted by Gasteiger charge is 2.33. The molecule has 0 radical (unpaired) electrons. The Kier molecular flexibility index (Phi) is 14.8. The van der Waals surface area contributed by atoms with E-state index in [0.717, 1.165) is 24.8 Å². The molecular weight excluding hydrogens is 498 g/mol. The average Bonchev–Trinajstić information content (AvgIpc) is 2.87. The molecule has 0 unspecified atom stereocenters. The molecule has 4 atom stereocenters. The number of nitrogens with one attached hydrogen (secondary N) is 1. The first-order chi connectivity index (χ1) is 18.2. The molecule has 0 fully saturated rings. The molecule has 0 spiro atoms. The molecule has 1 aromatic rings. The van der Waals surface area contributed by atoms with E-state index in [1.807, 2.05) is 26.0 Å². The summed E-state index contributed by atoms with van der Waals surface area (Å²) in [5, 5.41) is 13.9. The predicted molar refractivity (Wildman–Crippen MR) is 153 cm³/mol. The Morgan fingerprint density at radius 2 is 1.72 bits per heavy atom. The van der Waals surface area contributed by atoms with Crippen molar-refractivity contribution in [2.24, 2.45) is 34.8 Å². The zero-order valence-electron chi connectivity index (χ0n) is 25.4. The number of hydrogen-bond donors (Lipinski definition) is 4. The summed E-state index contributed by atoms with van der Waals surface area (Å²) in [4.78, 5) is 24.6. The second kappa shape index (κ2) is 16.7. The van der Waals surface area contributed by atoms with E-state index in [9.17, 15) is 14.7 Å². The van der Waals surface area contributed by atoms with E-state index in [4.69, 9.17) is 19.9 Å². The lowest BCUT2D eigenvalue weighted by Crippen LogP contribution is -2.67. The minimum atomic E-state index is -0.842. The number of carbonyl (C=O) groups excluding carboxylic acids is 2. The number of rotatable bonds is 19. The highest BCUT2D eigenvalue weighted by Crippen LogP contribution is 2.31. The maximum Gasteiger partial charge on any atom is 0.224 e.